The van der Waals surface area contributed by atoms with Crippen LogP contribution in [0.2, 0.25) is 5.02 Å². The van der Waals surface area contributed by atoms with Crippen molar-refractivity contribution in [2.75, 3.05) is 23.3 Å². The number of carbonyl (C=O) groups excluding carboxylic acids is 1. The van der Waals surface area contributed by atoms with Crippen LogP contribution in [-0.2, 0) is 0 Å². The maximum atomic E-state index is 13.5. The fraction of sp³-hybridized carbons (Fsp3) is 0.200. The van der Waals surface area contributed by atoms with Crippen molar-refractivity contribution in [3.8, 4) is 5.75 Å². The molecule has 3 heterocycles. The average molecular weight is 432 g/mol. The Hall–Kier alpha value is -3.33. The first-order valence-electron chi connectivity index (χ1n) is 9.02. The summed E-state index contributed by atoms with van der Waals surface area (Å²) >= 11 is 5.65. The zero-order valence-electron chi connectivity index (χ0n) is 15.8. The molecule has 1 aliphatic rings. The molecule has 0 atom stereocenters. The molecule has 0 saturated carbocycles. The van der Waals surface area contributed by atoms with Crippen LogP contribution < -0.4 is 15.0 Å². The number of ether oxygens (including phenoxy) is 1. The zero-order chi connectivity index (χ0) is 21.3. The summed E-state index contributed by atoms with van der Waals surface area (Å²) in [4.78, 5) is 27.0. The van der Waals surface area contributed by atoms with E-state index in [2.05, 4.69) is 20.3 Å². The number of amides is 1. The van der Waals surface area contributed by atoms with E-state index in [0.717, 1.165) is 11.6 Å². The molecule has 1 fully saturated rings. The van der Waals surface area contributed by atoms with Crippen molar-refractivity contribution in [1.82, 2.24) is 15.0 Å². The minimum absolute atomic E-state index is 0.131. The minimum Gasteiger partial charge on any atom is -0.487 e. The van der Waals surface area contributed by atoms with Gasteiger partial charge in [0, 0.05) is 30.7 Å². The summed E-state index contributed by atoms with van der Waals surface area (Å²) in [5, 5.41) is 2.36. The quantitative estimate of drug-likeness (QED) is 0.621. The van der Waals surface area contributed by atoms with Gasteiger partial charge in [0.2, 0.25) is 0 Å². The van der Waals surface area contributed by atoms with Gasteiger partial charge in [-0.3, -0.25) is 4.79 Å². The summed E-state index contributed by atoms with van der Waals surface area (Å²) in [5.41, 5.74) is 1.11. The molecule has 2 aromatic heterocycles. The molecule has 1 aliphatic heterocycles. The van der Waals surface area contributed by atoms with E-state index in [4.69, 9.17) is 16.3 Å². The van der Waals surface area contributed by atoms with Crippen molar-refractivity contribution in [2.45, 2.75) is 13.0 Å². The Morgan fingerprint density at radius 3 is 2.67 bits per heavy atom. The predicted octanol–water partition coefficient (Wildman–Crippen LogP) is 3.63. The molecule has 0 radical (unpaired) electrons. The Bertz CT molecular complexity index is 1090. The van der Waals surface area contributed by atoms with Gasteiger partial charge in [-0.2, -0.15) is 0 Å². The topological polar surface area (TPSA) is 80.2 Å². The van der Waals surface area contributed by atoms with Crippen molar-refractivity contribution < 1.29 is 18.3 Å². The molecule has 154 valence electrons. The van der Waals surface area contributed by atoms with Crippen molar-refractivity contribution in [1.29, 1.82) is 0 Å². The largest absolute Gasteiger partial charge is 0.487 e. The van der Waals surface area contributed by atoms with Crippen LogP contribution in [0.5, 0.6) is 5.75 Å². The molecule has 1 saturated heterocycles. The summed E-state index contributed by atoms with van der Waals surface area (Å²) < 4.78 is 32.4. The lowest BCUT2D eigenvalue weighted by Gasteiger charge is -2.40. The van der Waals surface area contributed by atoms with Gasteiger partial charge >= 0.3 is 0 Å². The minimum atomic E-state index is -1.11. The van der Waals surface area contributed by atoms with E-state index in [1.807, 2.05) is 13.0 Å². The summed E-state index contributed by atoms with van der Waals surface area (Å²) in [6.45, 7) is 2.67. The third-order valence-corrected chi connectivity index (χ3v) is 4.73. The van der Waals surface area contributed by atoms with Gasteiger partial charge in [-0.25, -0.2) is 23.7 Å². The first-order valence-corrected chi connectivity index (χ1v) is 9.39. The third kappa shape index (κ3) is 4.16. The van der Waals surface area contributed by atoms with E-state index in [9.17, 15) is 13.6 Å². The Labute approximate surface area is 175 Å². The number of halogens is 3. The van der Waals surface area contributed by atoms with Crippen LogP contribution in [-0.4, -0.2) is 40.1 Å². The molecule has 0 spiro atoms. The van der Waals surface area contributed by atoms with Gasteiger partial charge < -0.3 is 15.0 Å². The van der Waals surface area contributed by atoms with Crippen LogP contribution in [0.15, 0.2) is 42.9 Å². The monoisotopic (exact) mass is 431 g/mol. The molecule has 0 bridgehead atoms. The lowest BCUT2D eigenvalue weighted by molar-refractivity contribution is 0.102. The zero-order valence-corrected chi connectivity index (χ0v) is 16.5. The van der Waals surface area contributed by atoms with Crippen molar-refractivity contribution in [3.05, 3.63) is 70.8 Å². The van der Waals surface area contributed by atoms with E-state index in [1.54, 1.807) is 17.2 Å². The van der Waals surface area contributed by atoms with Crippen molar-refractivity contribution in [3.63, 3.8) is 0 Å². The highest BCUT2D eigenvalue weighted by atomic mass is 35.5. The second-order valence-electron chi connectivity index (χ2n) is 6.75. The van der Waals surface area contributed by atoms with Crippen molar-refractivity contribution >= 4 is 29.1 Å². The van der Waals surface area contributed by atoms with Gasteiger partial charge in [0.15, 0.2) is 23.1 Å². The van der Waals surface area contributed by atoms with Crippen molar-refractivity contribution in [2.24, 2.45) is 0 Å². The lowest BCUT2D eigenvalue weighted by atomic mass is 10.1. The maximum Gasteiger partial charge on any atom is 0.279 e. The fourth-order valence-electron chi connectivity index (χ4n) is 2.98. The number of aromatic nitrogens is 3. The van der Waals surface area contributed by atoms with Crippen LogP contribution >= 0.6 is 11.6 Å². The van der Waals surface area contributed by atoms with Gasteiger partial charge in [0.05, 0.1) is 18.1 Å². The highest BCUT2D eigenvalue weighted by Crippen LogP contribution is 2.28. The number of nitrogens with zero attached hydrogens (tertiary/aromatic N) is 4. The number of rotatable bonds is 5. The van der Waals surface area contributed by atoms with Crippen LogP contribution in [0.1, 0.15) is 16.1 Å². The normalized spacial score (nSPS) is 13.7. The van der Waals surface area contributed by atoms with E-state index in [-0.39, 0.29) is 22.6 Å². The molecular weight excluding hydrogens is 416 g/mol. The lowest BCUT2D eigenvalue weighted by Crippen LogP contribution is -2.54. The Kier molecular flexibility index (Phi) is 5.45. The molecular formula is C20H16ClF2N5O2. The van der Waals surface area contributed by atoms with Gasteiger partial charge in [-0.05, 0) is 24.6 Å². The Morgan fingerprint density at radius 1 is 1.17 bits per heavy atom. The Balaban J connectivity index is 1.43. The van der Waals surface area contributed by atoms with Gasteiger partial charge in [-0.1, -0.05) is 11.6 Å². The van der Waals surface area contributed by atoms with E-state index < -0.39 is 17.5 Å². The van der Waals surface area contributed by atoms with Crippen LogP contribution in [0.25, 0.3) is 0 Å². The number of carbonyl (C=O) groups is 1. The molecule has 30 heavy (non-hydrogen) atoms. The summed E-state index contributed by atoms with van der Waals surface area (Å²) in [6.07, 6.45) is 4.21. The molecule has 7 nitrogen and oxygen atoms in total. The summed E-state index contributed by atoms with van der Waals surface area (Å²) in [5.74, 6) is -1.69. The van der Waals surface area contributed by atoms with Gasteiger partial charge in [-0.15, -0.1) is 0 Å². The highest BCUT2D eigenvalue weighted by molar-refractivity contribution is 6.30. The molecule has 0 unspecified atom stereocenters. The first-order chi connectivity index (χ1) is 14.4. The number of pyridine rings is 1. The third-order valence-electron chi connectivity index (χ3n) is 4.46. The van der Waals surface area contributed by atoms with E-state index in [0.29, 0.717) is 24.7 Å². The summed E-state index contributed by atoms with van der Waals surface area (Å²) in [7, 11) is 0. The second-order valence-corrected chi connectivity index (χ2v) is 7.15. The SMILES string of the molecule is Cc1ccnc(NC(=O)c2nccnc2N2CC(Oc3cc(F)c(F)c(Cl)c3)C2)c1. The van der Waals surface area contributed by atoms with Gasteiger partial charge in [0.25, 0.3) is 5.91 Å². The number of nitrogens with one attached hydrogen (secondary N) is 1. The van der Waals surface area contributed by atoms with Gasteiger partial charge in [0.1, 0.15) is 17.7 Å². The highest BCUT2D eigenvalue weighted by Gasteiger charge is 2.33. The average Bonchev–Trinajstić information content (AvgIpc) is 2.68. The first kappa shape index (κ1) is 20.0. The van der Waals surface area contributed by atoms with Crippen LogP contribution in [0.3, 0.4) is 0 Å². The van der Waals surface area contributed by atoms with Crippen LogP contribution in [0.4, 0.5) is 20.4 Å². The molecule has 1 amide bonds. The predicted molar refractivity (Wildman–Crippen MR) is 107 cm³/mol. The molecule has 3 aromatic rings. The molecule has 4 rings (SSSR count). The number of hydrogen-bond donors (Lipinski definition) is 1. The molecule has 0 aliphatic carbocycles. The standard InChI is InChI=1S/C20H16ClF2N5O2/c1-11-2-3-24-16(6-11)27-20(29)18-19(26-5-4-25-18)28-9-13(10-28)30-12-7-14(21)17(23)15(22)8-12/h2-8,13H,9-10H2,1H3,(H,24,27,29). The van der Waals surface area contributed by atoms with Crippen LogP contribution in [0, 0.1) is 18.6 Å². The second kappa shape index (κ2) is 8.19. The summed E-state index contributed by atoms with van der Waals surface area (Å²) in [6, 6.07) is 5.73. The number of anilines is 2. The number of hydrogen-bond acceptors (Lipinski definition) is 6. The number of benzene rings is 1. The maximum absolute atomic E-state index is 13.5. The Morgan fingerprint density at radius 2 is 1.93 bits per heavy atom. The number of aryl methyl sites for hydroxylation is 1. The fourth-order valence-corrected chi connectivity index (χ4v) is 3.18. The van der Waals surface area contributed by atoms with E-state index >= 15 is 0 Å². The molecule has 1 N–H and O–H groups in total. The molecule has 1 aromatic carbocycles. The smallest absolute Gasteiger partial charge is 0.279 e. The molecule has 10 heteroatoms. The van der Waals surface area contributed by atoms with E-state index in [1.165, 1.54) is 18.5 Å².